The maximum absolute atomic E-state index is 10.9. The lowest BCUT2D eigenvalue weighted by molar-refractivity contribution is 0.483. The lowest BCUT2D eigenvalue weighted by atomic mass is 10.3. The van der Waals surface area contributed by atoms with E-state index < -0.39 is 0 Å². The molecule has 0 saturated heterocycles. The van der Waals surface area contributed by atoms with E-state index in [4.69, 9.17) is 4.42 Å². The largest absolute Gasteiger partial charge is 0.419 e. The highest BCUT2D eigenvalue weighted by molar-refractivity contribution is 5.43. The molecule has 7 nitrogen and oxygen atoms in total. The molecule has 0 aliphatic carbocycles. The molecule has 2 heterocycles. The van der Waals surface area contributed by atoms with E-state index in [0.717, 1.165) is 6.54 Å². The Balaban J connectivity index is 2.01. The molecule has 96 valence electrons. The highest BCUT2D eigenvalue weighted by Gasteiger charge is 2.09. The van der Waals surface area contributed by atoms with Crippen LogP contribution < -0.4 is 10.9 Å². The van der Waals surface area contributed by atoms with Gasteiger partial charge in [0.1, 0.15) is 5.69 Å². The number of aromatic amines is 1. The third-order valence-electron chi connectivity index (χ3n) is 2.26. The van der Waals surface area contributed by atoms with Gasteiger partial charge in [0.2, 0.25) is 5.89 Å². The van der Waals surface area contributed by atoms with Crippen molar-refractivity contribution in [3.63, 3.8) is 0 Å². The first-order chi connectivity index (χ1) is 8.65. The van der Waals surface area contributed by atoms with E-state index >= 15 is 0 Å². The van der Waals surface area contributed by atoms with E-state index in [-0.39, 0.29) is 5.56 Å². The molecule has 2 aromatic rings. The van der Waals surface area contributed by atoms with E-state index in [9.17, 15) is 4.79 Å². The monoisotopic (exact) mass is 249 g/mol. The predicted octanol–water partition coefficient (Wildman–Crippen LogP) is 0.360. The van der Waals surface area contributed by atoms with Gasteiger partial charge in [0, 0.05) is 25.1 Å². The average molecular weight is 249 g/mol. The molecule has 0 fully saturated rings. The molecule has 0 aliphatic rings. The molecule has 0 unspecified atom stereocenters. The molecule has 18 heavy (non-hydrogen) atoms. The molecule has 7 heteroatoms. The van der Waals surface area contributed by atoms with Crippen LogP contribution in [0.25, 0.3) is 11.6 Å². The van der Waals surface area contributed by atoms with E-state index in [1.807, 2.05) is 0 Å². The molecule has 2 N–H and O–H groups in total. The number of rotatable bonds is 5. The minimum Gasteiger partial charge on any atom is -0.419 e. The number of hydrogen-bond acceptors (Lipinski definition) is 6. The van der Waals surface area contributed by atoms with Gasteiger partial charge in [-0.2, -0.15) is 5.10 Å². The van der Waals surface area contributed by atoms with Crippen LogP contribution in [0.4, 0.5) is 0 Å². The Morgan fingerprint density at radius 3 is 2.89 bits per heavy atom. The zero-order valence-electron chi connectivity index (χ0n) is 10.3. The molecule has 0 atom stereocenters. The fourth-order valence-electron chi connectivity index (χ4n) is 1.39. The van der Waals surface area contributed by atoms with Gasteiger partial charge in [0.25, 0.3) is 11.4 Å². The van der Waals surface area contributed by atoms with E-state index in [0.29, 0.717) is 29.9 Å². The number of H-pyrrole nitrogens is 1. The Bertz CT molecular complexity index is 540. The molecular weight excluding hydrogens is 234 g/mol. The Labute approximate surface area is 104 Å². The molecular formula is C11H15N5O2. The van der Waals surface area contributed by atoms with E-state index in [1.165, 1.54) is 6.07 Å². The number of hydrogen-bond donors (Lipinski definition) is 2. The smallest absolute Gasteiger partial charge is 0.268 e. The Hall–Kier alpha value is -2.02. The van der Waals surface area contributed by atoms with Crippen molar-refractivity contribution in [3.05, 3.63) is 28.4 Å². The van der Waals surface area contributed by atoms with Crippen molar-refractivity contribution in [2.75, 3.05) is 6.54 Å². The summed E-state index contributed by atoms with van der Waals surface area (Å²) in [6, 6.07) is 3.34. The molecule has 2 rings (SSSR count). The van der Waals surface area contributed by atoms with E-state index in [1.54, 1.807) is 6.07 Å². The summed E-state index contributed by atoms with van der Waals surface area (Å²) in [5.74, 6) is 0.858. The maximum Gasteiger partial charge on any atom is 0.268 e. The third kappa shape index (κ3) is 3.24. The zero-order valence-corrected chi connectivity index (χ0v) is 10.3. The summed E-state index contributed by atoms with van der Waals surface area (Å²) in [4.78, 5) is 10.9. The van der Waals surface area contributed by atoms with Gasteiger partial charge in [-0.15, -0.1) is 10.2 Å². The van der Waals surface area contributed by atoms with Crippen LogP contribution in [0.1, 0.15) is 19.7 Å². The van der Waals surface area contributed by atoms with Crippen LogP contribution >= 0.6 is 0 Å². The summed E-state index contributed by atoms with van der Waals surface area (Å²) in [7, 11) is 0. The van der Waals surface area contributed by atoms with Crippen LogP contribution in [-0.2, 0) is 6.42 Å². The zero-order chi connectivity index (χ0) is 13.0. The van der Waals surface area contributed by atoms with Crippen molar-refractivity contribution in [1.29, 1.82) is 0 Å². The molecule has 0 aromatic carbocycles. The second-order valence-electron chi connectivity index (χ2n) is 4.17. The first-order valence-corrected chi connectivity index (χ1v) is 5.77. The first kappa shape index (κ1) is 12.4. The SMILES string of the molecule is CC(C)NCCc1nnc(-c2ccc(=O)[nH]n2)o1. The Kier molecular flexibility index (Phi) is 3.83. The van der Waals surface area contributed by atoms with Gasteiger partial charge >= 0.3 is 0 Å². The number of nitrogens with zero attached hydrogens (tertiary/aromatic N) is 3. The average Bonchev–Trinajstić information content (AvgIpc) is 2.78. The summed E-state index contributed by atoms with van der Waals surface area (Å²) >= 11 is 0. The van der Waals surface area contributed by atoms with Crippen molar-refractivity contribution in [3.8, 4) is 11.6 Å². The molecule has 0 saturated carbocycles. The fraction of sp³-hybridized carbons (Fsp3) is 0.455. The quantitative estimate of drug-likeness (QED) is 0.794. The van der Waals surface area contributed by atoms with Crippen LogP contribution in [0.15, 0.2) is 21.3 Å². The van der Waals surface area contributed by atoms with Crippen molar-refractivity contribution >= 4 is 0 Å². The molecule has 0 amide bonds. The minimum atomic E-state index is -0.264. The third-order valence-corrected chi connectivity index (χ3v) is 2.26. The molecule has 0 aliphatic heterocycles. The van der Waals surface area contributed by atoms with Crippen LogP contribution in [-0.4, -0.2) is 33.0 Å². The van der Waals surface area contributed by atoms with Gasteiger partial charge in [-0.3, -0.25) is 4.79 Å². The summed E-state index contributed by atoms with van der Waals surface area (Å²) < 4.78 is 5.44. The topological polar surface area (TPSA) is 96.7 Å². The lowest BCUT2D eigenvalue weighted by Crippen LogP contribution is -2.25. The Morgan fingerprint density at radius 2 is 2.22 bits per heavy atom. The van der Waals surface area contributed by atoms with Gasteiger partial charge in [0.15, 0.2) is 0 Å². The van der Waals surface area contributed by atoms with Gasteiger partial charge in [-0.05, 0) is 6.07 Å². The fourth-order valence-corrected chi connectivity index (χ4v) is 1.39. The van der Waals surface area contributed by atoms with Gasteiger partial charge in [-0.1, -0.05) is 13.8 Å². The van der Waals surface area contributed by atoms with Crippen LogP contribution in [0, 0.1) is 0 Å². The number of nitrogens with one attached hydrogen (secondary N) is 2. The second-order valence-corrected chi connectivity index (χ2v) is 4.17. The van der Waals surface area contributed by atoms with Crippen molar-refractivity contribution in [2.45, 2.75) is 26.3 Å². The molecule has 0 radical (unpaired) electrons. The molecule has 2 aromatic heterocycles. The minimum absolute atomic E-state index is 0.264. The van der Waals surface area contributed by atoms with Crippen LogP contribution in [0.3, 0.4) is 0 Å². The first-order valence-electron chi connectivity index (χ1n) is 5.77. The Morgan fingerprint density at radius 1 is 1.39 bits per heavy atom. The second kappa shape index (κ2) is 5.54. The summed E-state index contributed by atoms with van der Waals surface area (Å²) in [6.07, 6.45) is 0.661. The highest BCUT2D eigenvalue weighted by atomic mass is 16.4. The molecule has 0 bridgehead atoms. The van der Waals surface area contributed by atoms with Crippen molar-refractivity contribution in [1.82, 2.24) is 25.7 Å². The number of aromatic nitrogens is 4. The highest BCUT2D eigenvalue weighted by Crippen LogP contribution is 2.12. The van der Waals surface area contributed by atoms with Crippen LogP contribution in [0.2, 0.25) is 0 Å². The van der Waals surface area contributed by atoms with E-state index in [2.05, 4.69) is 39.6 Å². The van der Waals surface area contributed by atoms with Crippen LogP contribution in [0.5, 0.6) is 0 Å². The van der Waals surface area contributed by atoms with Gasteiger partial charge in [-0.25, -0.2) is 5.10 Å². The normalized spacial score (nSPS) is 11.1. The summed E-state index contributed by atoms with van der Waals surface area (Å²) in [5, 5.41) is 17.2. The van der Waals surface area contributed by atoms with Gasteiger partial charge < -0.3 is 9.73 Å². The van der Waals surface area contributed by atoms with Crippen molar-refractivity contribution < 1.29 is 4.42 Å². The van der Waals surface area contributed by atoms with Gasteiger partial charge in [0.05, 0.1) is 0 Å². The molecule has 0 spiro atoms. The predicted molar refractivity (Wildman–Crippen MR) is 65.0 cm³/mol. The summed E-state index contributed by atoms with van der Waals surface area (Å²) in [5.41, 5.74) is 0.199. The van der Waals surface area contributed by atoms with Crippen molar-refractivity contribution in [2.24, 2.45) is 0 Å². The standard InChI is InChI=1S/C11H15N5O2/c1-7(2)12-6-5-10-15-16-11(18-10)8-3-4-9(17)14-13-8/h3-4,7,12H,5-6H2,1-2H3,(H,14,17). The maximum atomic E-state index is 10.9. The lowest BCUT2D eigenvalue weighted by Gasteiger charge is -2.04. The summed E-state index contributed by atoms with van der Waals surface area (Å²) in [6.45, 7) is 4.92.